The number of nitrogens with zero attached hydrogens (tertiary/aromatic N) is 1. The molecule has 21 heavy (non-hydrogen) atoms. The Kier molecular flexibility index (Phi) is 3.75. The quantitative estimate of drug-likeness (QED) is 0.931. The number of hydrogen-bond acceptors (Lipinski definition) is 3. The first kappa shape index (κ1) is 14.5. The second-order valence-electron chi connectivity index (χ2n) is 5.27. The zero-order valence-electron chi connectivity index (χ0n) is 11.4. The maximum atomic E-state index is 12.7. The molecule has 6 heteroatoms. The Bertz CT molecular complexity index is 611. The summed E-state index contributed by atoms with van der Waals surface area (Å²) in [6.07, 6.45) is -1.22. The number of aromatic nitrogens is 1. The molecule has 0 saturated heterocycles. The van der Waals surface area contributed by atoms with Gasteiger partial charge in [-0.3, -0.25) is 0 Å². The van der Waals surface area contributed by atoms with E-state index >= 15 is 0 Å². The van der Waals surface area contributed by atoms with E-state index in [0.29, 0.717) is 4.88 Å². The topological polar surface area (TPSA) is 24.9 Å². The van der Waals surface area contributed by atoms with Gasteiger partial charge in [-0.2, -0.15) is 13.2 Å². The van der Waals surface area contributed by atoms with Gasteiger partial charge in [0.1, 0.15) is 0 Å². The Labute approximate surface area is 125 Å². The van der Waals surface area contributed by atoms with E-state index in [1.807, 2.05) is 12.1 Å². The predicted octanol–water partition coefficient (Wildman–Crippen LogP) is 3.84. The molecule has 0 aliphatic heterocycles. The zero-order chi connectivity index (χ0) is 15.0. The van der Waals surface area contributed by atoms with Crippen molar-refractivity contribution in [1.29, 1.82) is 0 Å². The van der Waals surface area contributed by atoms with Gasteiger partial charge in [0.05, 0.1) is 0 Å². The van der Waals surface area contributed by atoms with Gasteiger partial charge in [0.25, 0.3) is 0 Å². The maximum Gasteiger partial charge on any atom is 0.443 e. The van der Waals surface area contributed by atoms with Gasteiger partial charge in [0.2, 0.25) is 0 Å². The Morgan fingerprint density at radius 2 is 1.86 bits per heavy atom. The van der Waals surface area contributed by atoms with Crippen molar-refractivity contribution < 1.29 is 13.2 Å². The van der Waals surface area contributed by atoms with Crippen LogP contribution in [0, 0.1) is 5.92 Å². The first-order chi connectivity index (χ1) is 9.99. The average Bonchev–Trinajstić information content (AvgIpc) is 3.05. The summed E-state index contributed by atoms with van der Waals surface area (Å²) in [7, 11) is 1.79. The molecule has 2 nitrogen and oxygen atoms in total. The van der Waals surface area contributed by atoms with Crippen LogP contribution in [-0.4, -0.2) is 12.0 Å². The van der Waals surface area contributed by atoms with Gasteiger partial charge in [-0.1, -0.05) is 24.3 Å². The third-order valence-electron chi connectivity index (χ3n) is 3.94. The van der Waals surface area contributed by atoms with Crippen LogP contribution in [0.25, 0.3) is 0 Å². The largest absolute Gasteiger partial charge is 0.443 e. The summed E-state index contributed by atoms with van der Waals surface area (Å²) in [5.74, 6) is 0.272. The Morgan fingerprint density at radius 1 is 1.24 bits per heavy atom. The van der Waals surface area contributed by atoms with Gasteiger partial charge in [0.15, 0.2) is 5.01 Å². The van der Waals surface area contributed by atoms with E-state index in [2.05, 4.69) is 22.4 Å². The number of benzene rings is 1. The van der Waals surface area contributed by atoms with E-state index in [1.165, 1.54) is 17.3 Å². The second kappa shape index (κ2) is 5.42. The number of rotatable bonds is 3. The minimum Gasteiger partial charge on any atom is -0.312 e. The molecule has 112 valence electrons. The lowest BCUT2D eigenvalue weighted by Crippen LogP contribution is -2.24. The molecule has 1 aromatic heterocycles. The molecule has 2 aromatic rings. The third kappa shape index (κ3) is 2.82. The molecule has 0 saturated carbocycles. The number of hydrogen-bond donors (Lipinski definition) is 1. The van der Waals surface area contributed by atoms with Crippen LogP contribution in [0.15, 0.2) is 30.5 Å². The first-order valence-corrected chi connectivity index (χ1v) is 7.57. The molecule has 1 heterocycles. The van der Waals surface area contributed by atoms with E-state index in [0.717, 1.165) is 24.2 Å². The molecule has 1 aromatic carbocycles. The standard InChI is InChI=1S/C15H15F3N2S/c1-19-13(12-8-20-14(21-12)15(16,17)18)11-6-9-4-2-3-5-10(9)7-11/h2-5,8,11,13,19H,6-7H2,1H3. The average molecular weight is 312 g/mol. The summed E-state index contributed by atoms with van der Waals surface area (Å²) in [5, 5.41) is 2.39. The number of fused-ring (bicyclic) bond motifs is 1. The zero-order valence-corrected chi connectivity index (χ0v) is 12.3. The number of alkyl halides is 3. The fraction of sp³-hybridized carbons (Fsp3) is 0.400. The minimum absolute atomic E-state index is 0.0917. The van der Waals surface area contributed by atoms with Crippen LogP contribution in [-0.2, 0) is 19.0 Å². The van der Waals surface area contributed by atoms with Crippen molar-refractivity contribution in [2.75, 3.05) is 7.05 Å². The number of halogens is 3. The lowest BCUT2D eigenvalue weighted by Gasteiger charge is -2.21. The summed E-state index contributed by atoms with van der Waals surface area (Å²) >= 11 is 0.739. The van der Waals surface area contributed by atoms with Crippen molar-refractivity contribution in [2.45, 2.75) is 25.1 Å². The van der Waals surface area contributed by atoms with Crippen molar-refractivity contribution in [1.82, 2.24) is 10.3 Å². The van der Waals surface area contributed by atoms with Crippen LogP contribution in [0.2, 0.25) is 0 Å². The SMILES string of the molecule is CNC(c1cnc(C(F)(F)F)s1)C1Cc2ccccc2C1. The highest BCUT2D eigenvalue weighted by Crippen LogP contribution is 2.39. The van der Waals surface area contributed by atoms with E-state index in [-0.39, 0.29) is 12.0 Å². The molecule has 1 aliphatic rings. The van der Waals surface area contributed by atoms with Crippen LogP contribution in [0.5, 0.6) is 0 Å². The molecular formula is C15H15F3N2S. The van der Waals surface area contributed by atoms with Crippen molar-refractivity contribution in [3.63, 3.8) is 0 Å². The highest BCUT2D eigenvalue weighted by Gasteiger charge is 2.36. The summed E-state index contributed by atoms with van der Waals surface area (Å²) in [5.41, 5.74) is 2.59. The smallest absolute Gasteiger partial charge is 0.312 e. The lowest BCUT2D eigenvalue weighted by molar-refractivity contribution is -0.137. The molecule has 1 atom stereocenters. The van der Waals surface area contributed by atoms with E-state index in [9.17, 15) is 13.2 Å². The third-order valence-corrected chi connectivity index (χ3v) is 5.06. The van der Waals surface area contributed by atoms with Crippen LogP contribution in [0.3, 0.4) is 0 Å². The molecule has 0 bridgehead atoms. The van der Waals surface area contributed by atoms with Gasteiger partial charge >= 0.3 is 6.18 Å². The molecule has 0 radical (unpaired) electrons. The Morgan fingerprint density at radius 3 is 2.33 bits per heavy atom. The number of thiazole rings is 1. The summed E-state index contributed by atoms with van der Waals surface area (Å²) < 4.78 is 38.1. The first-order valence-electron chi connectivity index (χ1n) is 6.76. The van der Waals surface area contributed by atoms with Crippen molar-refractivity contribution in [2.24, 2.45) is 5.92 Å². The van der Waals surface area contributed by atoms with Crippen LogP contribution >= 0.6 is 11.3 Å². The second-order valence-corrected chi connectivity index (χ2v) is 6.33. The fourth-order valence-electron chi connectivity index (χ4n) is 3.00. The van der Waals surface area contributed by atoms with Gasteiger partial charge in [-0.25, -0.2) is 4.98 Å². The van der Waals surface area contributed by atoms with Gasteiger partial charge in [-0.05, 0) is 36.9 Å². The molecule has 3 rings (SSSR count). The highest BCUT2D eigenvalue weighted by molar-refractivity contribution is 7.11. The predicted molar refractivity (Wildman–Crippen MR) is 76.3 cm³/mol. The van der Waals surface area contributed by atoms with Crippen molar-refractivity contribution >= 4 is 11.3 Å². The molecule has 1 N–H and O–H groups in total. The summed E-state index contributed by atoms with van der Waals surface area (Å²) in [6.45, 7) is 0. The van der Waals surface area contributed by atoms with Crippen LogP contribution in [0.1, 0.15) is 27.1 Å². The van der Waals surface area contributed by atoms with E-state index < -0.39 is 11.2 Å². The van der Waals surface area contributed by atoms with E-state index in [1.54, 1.807) is 7.05 Å². The lowest BCUT2D eigenvalue weighted by atomic mass is 9.96. The van der Waals surface area contributed by atoms with Crippen molar-refractivity contribution in [3.8, 4) is 0 Å². The molecule has 1 unspecified atom stereocenters. The van der Waals surface area contributed by atoms with Gasteiger partial charge in [-0.15, -0.1) is 11.3 Å². The van der Waals surface area contributed by atoms with E-state index in [4.69, 9.17) is 0 Å². The normalized spacial score (nSPS) is 17.0. The summed E-state index contributed by atoms with van der Waals surface area (Å²) in [4.78, 5) is 4.19. The minimum atomic E-state index is -4.36. The monoisotopic (exact) mass is 312 g/mol. The molecule has 0 fully saturated rings. The number of nitrogens with one attached hydrogen (secondary N) is 1. The van der Waals surface area contributed by atoms with Crippen LogP contribution in [0.4, 0.5) is 13.2 Å². The Balaban J connectivity index is 1.82. The van der Waals surface area contributed by atoms with Gasteiger partial charge < -0.3 is 5.32 Å². The molecular weight excluding hydrogens is 297 g/mol. The van der Waals surface area contributed by atoms with Crippen LogP contribution < -0.4 is 5.32 Å². The summed E-state index contributed by atoms with van der Waals surface area (Å²) in [6, 6.07) is 8.10. The van der Waals surface area contributed by atoms with Gasteiger partial charge in [0, 0.05) is 17.1 Å². The molecule has 1 aliphatic carbocycles. The maximum absolute atomic E-state index is 12.7. The highest BCUT2D eigenvalue weighted by atomic mass is 32.1. The molecule has 0 spiro atoms. The van der Waals surface area contributed by atoms with Crippen molar-refractivity contribution in [3.05, 3.63) is 51.5 Å². The Hall–Kier alpha value is -1.40. The molecule has 0 amide bonds. The fourth-order valence-corrected chi connectivity index (χ4v) is 3.99.